The van der Waals surface area contributed by atoms with Crippen molar-refractivity contribution in [2.24, 2.45) is 0 Å². The number of hydrogen-bond acceptors (Lipinski definition) is 3. The van der Waals surface area contributed by atoms with E-state index >= 15 is 0 Å². The van der Waals surface area contributed by atoms with Crippen molar-refractivity contribution >= 4 is 5.91 Å². The fourth-order valence-electron chi connectivity index (χ4n) is 3.55. The first-order valence-electron chi connectivity index (χ1n) is 9.85. The summed E-state index contributed by atoms with van der Waals surface area (Å²) in [4.78, 5) is 15.2. The van der Waals surface area contributed by atoms with E-state index in [2.05, 4.69) is 43.1 Å². The average molecular weight is 369 g/mol. The van der Waals surface area contributed by atoms with Crippen LogP contribution < -0.4 is 10.1 Å². The summed E-state index contributed by atoms with van der Waals surface area (Å²) >= 11 is 0. The van der Waals surface area contributed by atoms with Gasteiger partial charge in [-0.2, -0.15) is 0 Å². The van der Waals surface area contributed by atoms with Gasteiger partial charge in [-0.05, 0) is 42.8 Å². The summed E-state index contributed by atoms with van der Waals surface area (Å²) in [6.45, 7) is 8.78. The van der Waals surface area contributed by atoms with Crippen molar-refractivity contribution in [3.63, 3.8) is 0 Å². The van der Waals surface area contributed by atoms with E-state index in [-0.39, 0.29) is 17.9 Å². The molecule has 2 atom stereocenters. The molecule has 0 aliphatic rings. The molecule has 1 amide bonds. The van der Waals surface area contributed by atoms with Crippen molar-refractivity contribution in [2.45, 2.75) is 39.2 Å². The number of methoxy groups -OCH3 is 1. The molecule has 0 aliphatic carbocycles. The van der Waals surface area contributed by atoms with E-state index in [4.69, 9.17) is 4.74 Å². The van der Waals surface area contributed by atoms with E-state index < -0.39 is 0 Å². The number of nitrogens with one attached hydrogen (secondary N) is 1. The van der Waals surface area contributed by atoms with Crippen molar-refractivity contribution in [1.29, 1.82) is 0 Å². The topological polar surface area (TPSA) is 41.6 Å². The number of rotatable bonds is 10. The van der Waals surface area contributed by atoms with Crippen LogP contribution in [0.2, 0.25) is 0 Å². The highest BCUT2D eigenvalue weighted by molar-refractivity contribution is 5.83. The summed E-state index contributed by atoms with van der Waals surface area (Å²) in [7, 11) is 1.68. The van der Waals surface area contributed by atoms with Crippen LogP contribution >= 0.6 is 0 Å². The third-order valence-electron chi connectivity index (χ3n) is 5.13. The van der Waals surface area contributed by atoms with Crippen LogP contribution in [0.25, 0.3) is 0 Å². The van der Waals surface area contributed by atoms with Crippen molar-refractivity contribution < 1.29 is 9.53 Å². The first kappa shape index (κ1) is 21.0. The molecule has 2 aromatic rings. The molecule has 2 aromatic carbocycles. The Balaban J connectivity index is 2.16. The molecule has 0 heterocycles. The lowest BCUT2D eigenvalue weighted by Crippen LogP contribution is -2.39. The Morgan fingerprint density at radius 2 is 1.67 bits per heavy atom. The molecule has 0 aromatic heterocycles. The number of carbonyl (C=O) groups excluding carboxylic acids is 1. The third-order valence-corrected chi connectivity index (χ3v) is 5.13. The first-order valence-corrected chi connectivity index (χ1v) is 9.85. The van der Waals surface area contributed by atoms with E-state index in [1.54, 1.807) is 7.11 Å². The molecule has 0 radical (unpaired) electrons. The second-order valence-corrected chi connectivity index (χ2v) is 6.63. The maximum Gasteiger partial charge on any atom is 0.227 e. The van der Waals surface area contributed by atoms with E-state index in [1.165, 1.54) is 0 Å². The van der Waals surface area contributed by atoms with Gasteiger partial charge in [0.05, 0.1) is 19.1 Å². The standard InChI is InChI=1S/C23H32N2O2/c1-5-21(18-12-9-8-10-13-18)23(26)24-17-22(25(6-2)7-3)19-14-11-15-20(16-19)27-4/h8-16,21-22H,5-7,17H2,1-4H3,(H,24,26). The van der Waals surface area contributed by atoms with Crippen LogP contribution in [0.3, 0.4) is 0 Å². The Morgan fingerprint density at radius 1 is 1.00 bits per heavy atom. The van der Waals surface area contributed by atoms with Gasteiger partial charge in [0.1, 0.15) is 5.75 Å². The van der Waals surface area contributed by atoms with E-state index in [1.807, 2.05) is 42.5 Å². The lowest BCUT2D eigenvalue weighted by atomic mass is 9.95. The Labute approximate surface area is 163 Å². The minimum absolute atomic E-state index is 0.0868. The molecule has 0 fully saturated rings. The van der Waals surface area contributed by atoms with Gasteiger partial charge in [0.2, 0.25) is 5.91 Å². The number of ether oxygens (including phenoxy) is 1. The van der Waals surface area contributed by atoms with Gasteiger partial charge in [-0.3, -0.25) is 9.69 Å². The smallest absolute Gasteiger partial charge is 0.227 e. The minimum atomic E-state index is -0.117. The lowest BCUT2D eigenvalue weighted by molar-refractivity contribution is -0.122. The number of nitrogens with zero attached hydrogens (tertiary/aromatic N) is 1. The summed E-state index contributed by atoms with van der Waals surface area (Å²) < 4.78 is 5.39. The normalized spacial score (nSPS) is 13.2. The zero-order valence-electron chi connectivity index (χ0n) is 16.9. The summed E-state index contributed by atoms with van der Waals surface area (Å²) in [6.07, 6.45) is 0.783. The van der Waals surface area contributed by atoms with Gasteiger partial charge in [0.15, 0.2) is 0 Å². The second-order valence-electron chi connectivity index (χ2n) is 6.63. The van der Waals surface area contributed by atoms with Crippen molar-refractivity contribution in [3.8, 4) is 5.75 Å². The molecule has 146 valence electrons. The van der Waals surface area contributed by atoms with Crippen molar-refractivity contribution in [3.05, 3.63) is 65.7 Å². The third kappa shape index (κ3) is 5.57. The molecule has 0 spiro atoms. The molecule has 1 N–H and O–H groups in total. The quantitative estimate of drug-likeness (QED) is 0.676. The van der Waals surface area contributed by atoms with Crippen LogP contribution in [0.1, 0.15) is 50.3 Å². The summed E-state index contributed by atoms with van der Waals surface area (Å²) in [5.41, 5.74) is 2.23. The van der Waals surface area contributed by atoms with Crippen molar-refractivity contribution in [2.75, 3.05) is 26.7 Å². The van der Waals surface area contributed by atoms with Gasteiger partial charge in [0.25, 0.3) is 0 Å². The van der Waals surface area contributed by atoms with E-state index in [9.17, 15) is 4.79 Å². The molecular formula is C23H32N2O2. The minimum Gasteiger partial charge on any atom is -0.497 e. The average Bonchev–Trinajstić information content (AvgIpc) is 2.72. The summed E-state index contributed by atoms with van der Waals surface area (Å²) in [5.74, 6) is 0.810. The van der Waals surface area contributed by atoms with E-state index in [0.717, 1.165) is 36.4 Å². The van der Waals surface area contributed by atoms with Crippen LogP contribution in [-0.2, 0) is 4.79 Å². The van der Waals surface area contributed by atoms with Crippen LogP contribution in [-0.4, -0.2) is 37.6 Å². The number of likely N-dealkylation sites (N-methyl/N-ethyl adjacent to an activating group) is 1. The Hall–Kier alpha value is -2.33. The highest BCUT2D eigenvalue weighted by Gasteiger charge is 2.23. The molecule has 0 bridgehead atoms. The molecule has 4 nitrogen and oxygen atoms in total. The summed E-state index contributed by atoms with van der Waals surface area (Å²) in [5, 5.41) is 3.20. The van der Waals surface area contributed by atoms with Gasteiger partial charge in [-0.1, -0.05) is 63.2 Å². The van der Waals surface area contributed by atoms with Gasteiger partial charge in [-0.15, -0.1) is 0 Å². The zero-order chi connectivity index (χ0) is 19.6. The van der Waals surface area contributed by atoms with Crippen LogP contribution in [0, 0.1) is 0 Å². The Morgan fingerprint density at radius 3 is 2.26 bits per heavy atom. The highest BCUT2D eigenvalue weighted by Crippen LogP contribution is 2.25. The van der Waals surface area contributed by atoms with Gasteiger partial charge < -0.3 is 10.1 Å². The van der Waals surface area contributed by atoms with Gasteiger partial charge in [0, 0.05) is 6.54 Å². The molecule has 4 heteroatoms. The molecule has 27 heavy (non-hydrogen) atoms. The second kappa shape index (κ2) is 10.7. The fraction of sp³-hybridized carbons (Fsp3) is 0.435. The van der Waals surface area contributed by atoms with Gasteiger partial charge >= 0.3 is 0 Å². The molecule has 2 rings (SSSR count). The lowest BCUT2D eigenvalue weighted by Gasteiger charge is -2.31. The molecule has 0 aliphatic heterocycles. The maximum absolute atomic E-state index is 12.9. The predicted molar refractivity (Wildman–Crippen MR) is 111 cm³/mol. The Bertz CT molecular complexity index is 699. The molecule has 0 saturated carbocycles. The number of carbonyl (C=O) groups is 1. The number of benzene rings is 2. The summed E-state index contributed by atoms with van der Waals surface area (Å²) in [6, 6.07) is 18.2. The first-order chi connectivity index (χ1) is 13.1. The molecule has 0 saturated heterocycles. The predicted octanol–water partition coefficient (Wildman–Crippen LogP) is 4.39. The largest absolute Gasteiger partial charge is 0.497 e. The molecule has 2 unspecified atom stereocenters. The monoisotopic (exact) mass is 368 g/mol. The molecular weight excluding hydrogens is 336 g/mol. The maximum atomic E-state index is 12.9. The Kier molecular flexibility index (Phi) is 8.34. The highest BCUT2D eigenvalue weighted by atomic mass is 16.5. The zero-order valence-corrected chi connectivity index (χ0v) is 16.9. The van der Waals surface area contributed by atoms with Crippen molar-refractivity contribution in [1.82, 2.24) is 10.2 Å². The fourth-order valence-corrected chi connectivity index (χ4v) is 3.55. The number of hydrogen-bond donors (Lipinski definition) is 1. The van der Waals surface area contributed by atoms with E-state index in [0.29, 0.717) is 6.54 Å². The van der Waals surface area contributed by atoms with Crippen LogP contribution in [0.15, 0.2) is 54.6 Å². The van der Waals surface area contributed by atoms with Crippen LogP contribution in [0.5, 0.6) is 5.75 Å². The number of amides is 1. The SMILES string of the molecule is CCC(C(=O)NCC(c1cccc(OC)c1)N(CC)CC)c1ccccc1. The van der Waals surface area contributed by atoms with Gasteiger partial charge in [-0.25, -0.2) is 0 Å². The van der Waals surface area contributed by atoms with Crippen LogP contribution in [0.4, 0.5) is 0 Å².